The van der Waals surface area contributed by atoms with Gasteiger partial charge in [0.05, 0.1) is 28.5 Å². The van der Waals surface area contributed by atoms with Crippen LogP contribution < -0.4 is 10.3 Å². The highest BCUT2D eigenvalue weighted by Crippen LogP contribution is 2.48. The van der Waals surface area contributed by atoms with Gasteiger partial charge in [0.25, 0.3) is 0 Å². The van der Waals surface area contributed by atoms with Gasteiger partial charge in [-0.15, -0.1) is 0 Å². The number of aromatic nitrogens is 3. The van der Waals surface area contributed by atoms with Crippen molar-refractivity contribution in [2.24, 2.45) is 5.41 Å². The average Bonchev–Trinajstić information content (AvgIpc) is 3.93. The van der Waals surface area contributed by atoms with Crippen molar-refractivity contribution in [1.29, 1.82) is 0 Å². The minimum atomic E-state index is -0.907. The van der Waals surface area contributed by atoms with Crippen LogP contribution in [-0.4, -0.2) is 45.9 Å². The summed E-state index contributed by atoms with van der Waals surface area (Å²) in [6.45, 7) is 1.15. The quantitative estimate of drug-likeness (QED) is 0.122. The molecule has 2 aliphatic rings. The molecule has 2 saturated heterocycles. The first kappa shape index (κ1) is 34.2. The van der Waals surface area contributed by atoms with Crippen LogP contribution in [0.2, 0.25) is 0 Å². The van der Waals surface area contributed by atoms with Gasteiger partial charge in [-0.3, -0.25) is 14.8 Å². The summed E-state index contributed by atoms with van der Waals surface area (Å²) < 4.78 is 19.8. The zero-order valence-electron chi connectivity index (χ0n) is 30.0. The number of rotatable bonds is 9. The lowest BCUT2D eigenvalue weighted by Gasteiger charge is -2.35. The number of hydrogen-bond donors (Lipinski definition) is 1. The maximum Gasteiger partial charge on any atom is 0.329 e. The highest BCUT2D eigenvalue weighted by molar-refractivity contribution is 5.90. The molecule has 7 aromatic rings. The Morgan fingerprint density at radius 2 is 1.49 bits per heavy atom. The van der Waals surface area contributed by atoms with E-state index in [0.29, 0.717) is 25.2 Å². The molecule has 5 aromatic carbocycles. The van der Waals surface area contributed by atoms with E-state index in [0.717, 1.165) is 44.4 Å². The molecule has 9 heteroatoms. The monoisotopic (exact) mass is 727 g/mol. The van der Waals surface area contributed by atoms with Gasteiger partial charge in [0, 0.05) is 35.9 Å². The Balaban J connectivity index is 1.18. The number of carbonyl (C=O) groups excluding carboxylic acids is 2. The molecule has 1 N–H and O–H groups in total. The molecule has 2 fully saturated rings. The molecule has 272 valence electrons. The second-order valence-corrected chi connectivity index (χ2v) is 14.5. The highest BCUT2D eigenvalue weighted by atomic mass is 19.1. The number of halogens is 1. The number of pyridine rings is 1. The SMILES string of the molecule is O=C1CC2(CCN(n3nc(C(c4ccccc4)(c4ccccc4)c4cccc(-c5ccc(F)cn5)c4)c4ccccc43)C2)[C@H](C(=O)OCc2ccccc2)N1. The van der Waals surface area contributed by atoms with E-state index >= 15 is 0 Å². The molecule has 0 radical (unpaired) electrons. The van der Waals surface area contributed by atoms with Crippen molar-refractivity contribution in [3.05, 3.63) is 192 Å². The number of nitrogens with one attached hydrogen (secondary N) is 1. The number of fused-ring (bicyclic) bond motifs is 1. The summed E-state index contributed by atoms with van der Waals surface area (Å²) in [5, 5.41) is 11.6. The molecule has 1 amide bonds. The van der Waals surface area contributed by atoms with Crippen LogP contribution in [0, 0.1) is 11.2 Å². The van der Waals surface area contributed by atoms with Crippen molar-refractivity contribution in [2.45, 2.75) is 30.9 Å². The first-order valence-corrected chi connectivity index (χ1v) is 18.5. The lowest BCUT2D eigenvalue weighted by molar-refractivity contribution is -0.150. The summed E-state index contributed by atoms with van der Waals surface area (Å²) in [5.41, 5.74) is 5.56. The number of esters is 1. The van der Waals surface area contributed by atoms with Crippen LogP contribution in [0.1, 0.15) is 40.8 Å². The third-order valence-electron chi connectivity index (χ3n) is 11.2. The van der Waals surface area contributed by atoms with Gasteiger partial charge in [-0.25, -0.2) is 9.18 Å². The molecule has 2 atom stereocenters. The number of carbonyl (C=O) groups is 2. The number of benzene rings is 5. The van der Waals surface area contributed by atoms with Crippen molar-refractivity contribution in [2.75, 3.05) is 18.1 Å². The standard InChI is InChI=1S/C46H38FN5O3/c47-37-23-24-39(48-29-37)33-15-12-20-36(27-33)46(34-16-6-2-7-17-34,35-18-8-3-9-19-35)42-38-21-10-11-22-40(38)52(50-42)51-26-25-45(31-51)28-41(53)49-43(45)44(54)55-30-32-13-4-1-5-14-32/h1-24,27,29,43H,25-26,28,30-31H2,(H,49,53)/t43-,45?/m0/s1. The van der Waals surface area contributed by atoms with Gasteiger partial charge in [-0.2, -0.15) is 9.89 Å². The molecule has 55 heavy (non-hydrogen) atoms. The maximum atomic E-state index is 14.0. The van der Waals surface area contributed by atoms with Gasteiger partial charge in [0.1, 0.15) is 18.5 Å². The van der Waals surface area contributed by atoms with Crippen LogP contribution in [0.15, 0.2) is 158 Å². The van der Waals surface area contributed by atoms with E-state index in [1.54, 1.807) is 6.07 Å². The summed E-state index contributed by atoms with van der Waals surface area (Å²) in [5.74, 6) is -0.973. The van der Waals surface area contributed by atoms with Gasteiger partial charge in [0.2, 0.25) is 5.91 Å². The van der Waals surface area contributed by atoms with E-state index in [-0.39, 0.29) is 18.9 Å². The molecule has 1 unspecified atom stereocenters. The van der Waals surface area contributed by atoms with Gasteiger partial charge in [-0.1, -0.05) is 127 Å². The molecule has 1 spiro atoms. The first-order chi connectivity index (χ1) is 26.9. The Morgan fingerprint density at radius 3 is 2.20 bits per heavy atom. The fourth-order valence-electron chi connectivity index (χ4n) is 8.61. The lowest BCUT2D eigenvalue weighted by Crippen LogP contribution is -2.47. The number of hydrogen-bond acceptors (Lipinski definition) is 6. The van der Waals surface area contributed by atoms with Gasteiger partial charge in [-0.05, 0) is 52.9 Å². The summed E-state index contributed by atoms with van der Waals surface area (Å²) in [6.07, 6.45) is 2.07. The fraction of sp³-hybridized carbons (Fsp3) is 0.174. The summed E-state index contributed by atoms with van der Waals surface area (Å²) in [4.78, 5) is 33.0. The minimum Gasteiger partial charge on any atom is -0.459 e. The smallest absolute Gasteiger partial charge is 0.329 e. The Bertz CT molecular complexity index is 2450. The number of amides is 1. The fourth-order valence-corrected chi connectivity index (χ4v) is 8.61. The predicted molar refractivity (Wildman–Crippen MR) is 209 cm³/mol. The van der Waals surface area contributed by atoms with Crippen LogP contribution in [0.4, 0.5) is 4.39 Å². The second kappa shape index (κ2) is 14.0. The van der Waals surface area contributed by atoms with Crippen molar-refractivity contribution in [3.8, 4) is 11.3 Å². The van der Waals surface area contributed by atoms with E-state index in [1.807, 2.05) is 95.8 Å². The summed E-state index contributed by atoms with van der Waals surface area (Å²) >= 11 is 0. The molecule has 0 bridgehead atoms. The van der Waals surface area contributed by atoms with Crippen LogP contribution >= 0.6 is 0 Å². The Labute approximate surface area is 318 Å². The average molecular weight is 728 g/mol. The Morgan fingerprint density at radius 1 is 0.818 bits per heavy atom. The van der Waals surface area contributed by atoms with Crippen molar-refractivity contribution in [3.63, 3.8) is 0 Å². The lowest BCUT2D eigenvalue weighted by atomic mass is 9.66. The zero-order valence-corrected chi connectivity index (χ0v) is 30.0. The van der Waals surface area contributed by atoms with E-state index in [9.17, 15) is 14.0 Å². The Kier molecular flexibility index (Phi) is 8.69. The predicted octanol–water partition coefficient (Wildman–Crippen LogP) is 7.58. The number of nitrogens with zero attached hydrogens (tertiary/aromatic N) is 4. The first-order valence-electron chi connectivity index (χ1n) is 18.5. The second-order valence-electron chi connectivity index (χ2n) is 14.5. The molecule has 4 heterocycles. The van der Waals surface area contributed by atoms with Crippen molar-refractivity contribution < 1.29 is 18.7 Å². The van der Waals surface area contributed by atoms with Crippen LogP contribution in [0.25, 0.3) is 22.2 Å². The van der Waals surface area contributed by atoms with E-state index in [1.165, 1.54) is 12.3 Å². The van der Waals surface area contributed by atoms with Gasteiger partial charge in [0.15, 0.2) is 0 Å². The molecule has 9 rings (SSSR count). The highest BCUT2D eigenvalue weighted by Gasteiger charge is 2.55. The normalized spacial score (nSPS) is 18.2. The molecule has 0 aliphatic carbocycles. The summed E-state index contributed by atoms with van der Waals surface area (Å²) in [6, 6.07) is 49.1. The molecule has 8 nitrogen and oxygen atoms in total. The van der Waals surface area contributed by atoms with E-state index < -0.39 is 28.7 Å². The Hall–Kier alpha value is -6.61. The van der Waals surface area contributed by atoms with Gasteiger partial charge < -0.3 is 10.1 Å². The van der Waals surface area contributed by atoms with Crippen LogP contribution in [0.5, 0.6) is 0 Å². The van der Waals surface area contributed by atoms with Crippen molar-refractivity contribution >= 4 is 22.8 Å². The minimum absolute atomic E-state index is 0.137. The summed E-state index contributed by atoms with van der Waals surface area (Å²) in [7, 11) is 0. The maximum absolute atomic E-state index is 14.0. The molecule has 0 saturated carbocycles. The van der Waals surface area contributed by atoms with Crippen LogP contribution in [-0.2, 0) is 26.3 Å². The zero-order chi connectivity index (χ0) is 37.4. The molecule has 2 aliphatic heterocycles. The van der Waals surface area contributed by atoms with Crippen LogP contribution in [0.3, 0.4) is 0 Å². The topological polar surface area (TPSA) is 89.4 Å². The van der Waals surface area contributed by atoms with Gasteiger partial charge >= 0.3 is 5.97 Å². The number of para-hydroxylation sites is 1. The van der Waals surface area contributed by atoms with Crippen molar-refractivity contribution in [1.82, 2.24) is 20.2 Å². The number of ether oxygens (including phenoxy) is 1. The molecular weight excluding hydrogens is 690 g/mol. The van der Waals surface area contributed by atoms with E-state index in [4.69, 9.17) is 9.84 Å². The third kappa shape index (κ3) is 6.02. The third-order valence-corrected chi connectivity index (χ3v) is 11.2. The molecule has 2 aromatic heterocycles. The largest absolute Gasteiger partial charge is 0.459 e. The van der Waals surface area contributed by atoms with E-state index in [2.05, 4.69) is 63.8 Å². The molecular formula is C46H38FN5O3.